The van der Waals surface area contributed by atoms with Crippen molar-refractivity contribution in [1.82, 2.24) is 21.1 Å². The lowest BCUT2D eigenvalue weighted by molar-refractivity contribution is -0.139. The highest BCUT2D eigenvalue weighted by molar-refractivity contribution is 6.08. The van der Waals surface area contributed by atoms with Gasteiger partial charge in [0, 0.05) is 6.04 Å². The first-order valence-electron chi connectivity index (χ1n) is 12.3. The first kappa shape index (κ1) is 25.8. The normalized spacial score (nSPS) is 23.2. The van der Waals surface area contributed by atoms with Crippen molar-refractivity contribution in [2.24, 2.45) is 11.8 Å². The minimum absolute atomic E-state index is 0.0544. The van der Waals surface area contributed by atoms with Crippen LogP contribution in [-0.4, -0.2) is 48.2 Å². The largest absolute Gasteiger partial charge is 0.490 e. The van der Waals surface area contributed by atoms with E-state index in [1.165, 1.54) is 0 Å². The molecule has 0 bridgehead atoms. The Bertz CT molecular complexity index is 895. The Kier molecular flexibility index (Phi) is 8.41. The molecule has 1 atom stereocenters. The maximum absolute atomic E-state index is 13.0. The Morgan fingerprint density at radius 1 is 1.15 bits per heavy atom. The SMILES string of the molecule is CCOc1ccc([C@H](NCC(=O)NN2C(=O)NC3(CCC(C)CC3)C2=O)C(C)C)cc1OCC. The molecule has 9 nitrogen and oxygen atoms in total. The fourth-order valence-corrected chi connectivity index (χ4v) is 4.68. The van der Waals surface area contributed by atoms with Gasteiger partial charge in [0.15, 0.2) is 11.5 Å². The molecule has 1 aromatic rings. The van der Waals surface area contributed by atoms with Crippen LogP contribution in [0.25, 0.3) is 0 Å². The fourth-order valence-electron chi connectivity index (χ4n) is 4.68. The van der Waals surface area contributed by atoms with E-state index in [2.05, 4.69) is 36.8 Å². The van der Waals surface area contributed by atoms with Crippen molar-refractivity contribution in [3.05, 3.63) is 23.8 Å². The molecule has 4 amide bonds. The Morgan fingerprint density at radius 2 is 1.79 bits per heavy atom. The van der Waals surface area contributed by atoms with Crippen LogP contribution in [0.3, 0.4) is 0 Å². The third-order valence-electron chi connectivity index (χ3n) is 6.60. The number of urea groups is 1. The molecule has 2 fully saturated rings. The summed E-state index contributed by atoms with van der Waals surface area (Å²) in [5.74, 6) is 1.21. The topological polar surface area (TPSA) is 109 Å². The Morgan fingerprint density at radius 3 is 2.41 bits per heavy atom. The molecule has 34 heavy (non-hydrogen) atoms. The zero-order valence-corrected chi connectivity index (χ0v) is 20.9. The number of nitrogens with zero attached hydrogens (tertiary/aromatic N) is 1. The maximum Gasteiger partial charge on any atom is 0.344 e. The molecule has 1 aliphatic heterocycles. The first-order chi connectivity index (χ1) is 16.2. The van der Waals surface area contributed by atoms with Gasteiger partial charge < -0.3 is 20.1 Å². The number of imide groups is 1. The predicted molar refractivity (Wildman–Crippen MR) is 128 cm³/mol. The van der Waals surface area contributed by atoms with E-state index in [0.29, 0.717) is 43.5 Å². The van der Waals surface area contributed by atoms with Gasteiger partial charge in [-0.15, -0.1) is 0 Å². The Balaban J connectivity index is 1.64. The van der Waals surface area contributed by atoms with E-state index in [9.17, 15) is 14.4 Å². The van der Waals surface area contributed by atoms with E-state index in [1.807, 2.05) is 32.0 Å². The molecular weight excluding hydrogens is 436 g/mol. The lowest BCUT2D eigenvalue weighted by Crippen LogP contribution is -2.52. The summed E-state index contributed by atoms with van der Waals surface area (Å²) in [4.78, 5) is 38.1. The molecule has 3 rings (SSSR count). The number of hydrogen-bond acceptors (Lipinski definition) is 6. The standard InChI is InChI=1S/C25H38N4O5/c1-6-33-19-9-8-18(14-20(19)34-7-2)22(16(3)4)26-15-21(30)28-29-23(31)25(27-24(29)32)12-10-17(5)11-13-25/h8-9,14,16-17,22,26H,6-7,10-13,15H2,1-5H3,(H,27,32)(H,28,30)/t17?,22-,25?/m1/s1. The van der Waals surface area contributed by atoms with E-state index in [0.717, 1.165) is 23.4 Å². The molecule has 3 N–H and O–H groups in total. The highest BCUT2D eigenvalue weighted by atomic mass is 16.5. The Hall–Kier alpha value is -2.81. The van der Waals surface area contributed by atoms with Gasteiger partial charge in [-0.3, -0.25) is 15.0 Å². The number of benzene rings is 1. The quantitative estimate of drug-likeness (QED) is 0.449. The summed E-state index contributed by atoms with van der Waals surface area (Å²) in [6, 6.07) is 5.04. The summed E-state index contributed by atoms with van der Waals surface area (Å²) < 4.78 is 11.4. The molecule has 188 valence electrons. The van der Waals surface area contributed by atoms with Crippen molar-refractivity contribution in [1.29, 1.82) is 0 Å². The van der Waals surface area contributed by atoms with Gasteiger partial charge in [-0.05, 0) is 69.1 Å². The molecule has 1 aromatic carbocycles. The number of nitrogens with one attached hydrogen (secondary N) is 3. The van der Waals surface area contributed by atoms with Crippen molar-refractivity contribution in [2.45, 2.75) is 71.9 Å². The van der Waals surface area contributed by atoms with Crippen LogP contribution < -0.4 is 25.5 Å². The van der Waals surface area contributed by atoms with Crippen molar-refractivity contribution in [3.8, 4) is 11.5 Å². The summed E-state index contributed by atoms with van der Waals surface area (Å²) in [6.45, 7) is 11.1. The van der Waals surface area contributed by atoms with Crippen molar-refractivity contribution < 1.29 is 23.9 Å². The summed E-state index contributed by atoms with van der Waals surface area (Å²) in [6.07, 6.45) is 2.94. The molecule has 0 aromatic heterocycles. The van der Waals surface area contributed by atoms with Gasteiger partial charge in [-0.25, -0.2) is 4.79 Å². The van der Waals surface area contributed by atoms with Crippen LogP contribution in [0, 0.1) is 11.8 Å². The third-order valence-corrected chi connectivity index (χ3v) is 6.60. The average molecular weight is 475 g/mol. The van der Waals surface area contributed by atoms with Crippen molar-refractivity contribution >= 4 is 17.8 Å². The van der Waals surface area contributed by atoms with Gasteiger partial charge in [0.05, 0.1) is 19.8 Å². The molecule has 0 radical (unpaired) electrons. The number of rotatable bonds is 10. The van der Waals surface area contributed by atoms with E-state index in [1.54, 1.807) is 0 Å². The molecule has 9 heteroatoms. The van der Waals surface area contributed by atoms with Gasteiger partial charge in [0.25, 0.3) is 11.8 Å². The van der Waals surface area contributed by atoms with E-state index >= 15 is 0 Å². The molecule has 2 aliphatic rings. The number of ether oxygens (including phenoxy) is 2. The van der Waals surface area contributed by atoms with Crippen molar-refractivity contribution in [3.63, 3.8) is 0 Å². The molecule has 1 aliphatic carbocycles. The van der Waals surface area contributed by atoms with Gasteiger partial charge >= 0.3 is 6.03 Å². The number of amides is 4. The maximum atomic E-state index is 13.0. The van der Waals surface area contributed by atoms with Crippen LogP contribution in [0.1, 0.15) is 71.9 Å². The van der Waals surface area contributed by atoms with Gasteiger partial charge in [-0.1, -0.05) is 26.8 Å². The average Bonchev–Trinajstić information content (AvgIpc) is 3.02. The molecular formula is C25H38N4O5. The lowest BCUT2D eigenvalue weighted by Gasteiger charge is -2.33. The molecule has 1 saturated heterocycles. The zero-order valence-electron chi connectivity index (χ0n) is 20.9. The molecule has 1 saturated carbocycles. The van der Waals surface area contributed by atoms with Gasteiger partial charge in [0.2, 0.25) is 0 Å². The number of carbonyl (C=O) groups is 3. The Labute approximate surface area is 201 Å². The summed E-state index contributed by atoms with van der Waals surface area (Å²) in [5.41, 5.74) is 2.56. The van der Waals surface area contributed by atoms with Crippen LogP contribution >= 0.6 is 0 Å². The number of hydrazine groups is 1. The predicted octanol–water partition coefficient (Wildman–Crippen LogP) is 3.30. The van der Waals surface area contributed by atoms with E-state index in [-0.39, 0.29) is 24.4 Å². The van der Waals surface area contributed by atoms with E-state index in [4.69, 9.17) is 9.47 Å². The highest BCUT2D eigenvalue weighted by Gasteiger charge is 2.52. The van der Waals surface area contributed by atoms with Crippen LogP contribution in [0.5, 0.6) is 11.5 Å². The lowest BCUT2D eigenvalue weighted by atomic mass is 9.77. The second-order valence-corrected chi connectivity index (χ2v) is 9.55. The second-order valence-electron chi connectivity index (χ2n) is 9.55. The van der Waals surface area contributed by atoms with Crippen LogP contribution in [0.2, 0.25) is 0 Å². The van der Waals surface area contributed by atoms with Crippen LogP contribution in [0.15, 0.2) is 18.2 Å². The van der Waals surface area contributed by atoms with Gasteiger partial charge in [-0.2, -0.15) is 5.01 Å². The smallest absolute Gasteiger partial charge is 0.344 e. The monoisotopic (exact) mass is 474 g/mol. The van der Waals surface area contributed by atoms with Crippen molar-refractivity contribution in [2.75, 3.05) is 19.8 Å². The second kappa shape index (κ2) is 11.1. The summed E-state index contributed by atoms with van der Waals surface area (Å²) in [5, 5.41) is 6.91. The minimum atomic E-state index is -0.886. The van der Waals surface area contributed by atoms with Crippen LogP contribution in [-0.2, 0) is 9.59 Å². The van der Waals surface area contributed by atoms with Crippen LogP contribution in [0.4, 0.5) is 4.79 Å². The number of carbonyl (C=O) groups excluding carboxylic acids is 3. The number of hydrogen-bond donors (Lipinski definition) is 3. The summed E-state index contributed by atoms with van der Waals surface area (Å²) in [7, 11) is 0. The zero-order chi connectivity index (χ0) is 24.9. The molecule has 0 unspecified atom stereocenters. The minimum Gasteiger partial charge on any atom is -0.490 e. The summed E-state index contributed by atoms with van der Waals surface area (Å²) >= 11 is 0. The van der Waals surface area contributed by atoms with E-state index < -0.39 is 17.5 Å². The van der Waals surface area contributed by atoms with Gasteiger partial charge in [0.1, 0.15) is 5.54 Å². The molecule has 1 spiro atoms. The third kappa shape index (κ3) is 5.63. The first-order valence-corrected chi connectivity index (χ1v) is 12.3. The highest BCUT2D eigenvalue weighted by Crippen LogP contribution is 2.36. The molecule has 1 heterocycles. The fraction of sp³-hybridized carbons (Fsp3) is 0.640.